The third kappa shape index (κ3) is 4.28. The van der Waals surface area contributed by atoms with Gasteiger partial charge in [-0.25, -0.2) is 17.5 Å². The Morgan fingerprint density at radius 2 is 1.83 bits per heavy atom. The molecule has 4 aromatic rings. The van der Waals surface area contributed by atoms with Gasteiger partial charge in [0.05, 0.1) is 4.90 Å². The first-order valence-corrected chi connectivity index (χ1v) is 10.3. The Bertz CT molecular complexity index is 1260. The summed E-state index contributed by atoms with van der Waals surface area (Å²) >= 11 is 0. The number of halogens is 1. The number of rotatable bonds is 6. The lowest BCUT2D eigenvalue weighted by molar-refractivity contribution is 0.454. The van der Waals surface area contributed by atoms with Crippen LogP contribution in [0.1, 0.15) is 5.56 Å². The molecule has 0 fully saturated rings. The molecule has 0 radical (unpaired) electrons. The average molecular weight is 425 g/mol. The number of nitrogens with one attached hydrogen (secondary N) is 1. The highest BCUT2D eigenvalue weighted by Crippen LogP contribution is 2.24. The van der Waals surface area contributed by atoms with Crippen molar-refractivity contribution in [2.45, 2.75) is 11.8 Å². The lowest BCUT2D eigenvalue weighted by atomic mass is 10.2. The summed E-state index contributed by atoms with van der Waals surface area (Å²) in [6.07, 6.45) is 3.39. The SMILES string of the molecule is Cc1cc(F)ccc1S(=O)(=O)Nc1ccc(Oc2ccc(-n3cccn3)nn2)cc1. The van der Waals surface area contributed by atoms with Crippen LogP contribution in [0, 0.1) is 12.7 Å². The molecule has 0 amide bonds. The summed E-state index contributed by atoms with van der Waals surface area (Å²) < 4.78 is 48.0. The van der Waals surface area contributed by atoms with Crippen LogP contribution in [0.25, 0.3) is 5.82 Å². The molecule has 1 N–H and O–H groups in total. The molecule has 0 unspecified atom stereocenters. The van der Waals surface area contributed by atoms with E-state index in [0.717, 1.165) is 6.07 Å². The molecule has 2 aromatic heterocycles. The fraction of sp³-hybridized carbons (Fsp3) is 0.0500. The second-order valence-corrected chi connectivity index (χ2v) is 7.97. The van der Waals surface area contributed by atoms with Crippen molar-refractivity contribution in [2.75, 3.05) is 4.72 Å². The monoisotopic (exact) mass is 425 g/mol. The van der Waals surface area contributed by atoms with Crippen LogP contribution in [0.2, 0.25) is 0 Å². The number of hydrogen-bond donors (Lipinski definition) is 1. The molecule has 152 valence electrons. The minimum atomic E-state index is -3.85. The van der Waals surface area contributed by atoms with Gasteiger partial charge in [0.2, 0.25) is 5.88 Å². The van der Waals surface area contributed by atoms with E-state index in [1.807, 2.05) is 0 Å². The van der Waals surface area contributed by atoms with Crippen molar-refractivity contribution < 1.29 is 17.5 Å². The van der Waals surface area contributed by atoms with E-state index in [1.165, 1.54) is 19.1 Å². The van der Waals surface area contributed by atoms with E-state index in [-0.39, 0.29) is 10.8 Å². The summed E-state index contributed by atoms with van der Waals surface area (Å²) in [4.78, 5) is 0.0109. The molecule has 0 spiro atoms. The van der Waals surface area contributed by atoms with Crippen LogP contribution in [-0.2, 0) is 10.0 Å². The Labute approximate surface area is 172 Å². The van der Waals surface area contributed by atoms with E-state index in [0.29, 0.717) is 22.8 Å². The van der Waals surface area contributed by atoms with Crippen LogP contribution < -0.4 is 9.46 Å². The Hall–Kier alpha value is -3.79. The van der Waals surface area contributed by atoms with Gasteiger partial charge in [-0.3, -0.25) is 4.72 Å². The van der Waals surface area contributed by atoms with Crippen molar-refractivity contribution in [3.63, 3.8) is 0 Å². The van der Waals surface area contributed by atoms with Crippen molar-refractivity contribution in [3.05, 3.63) is 84.4 Å². The van der Waals surface area contributed by atoms with Gasteiger partial charge < -0.3 is 4.74 Å². The van der Waals surface area contributed by atoms with E-state index in [4.69, 9.17) is 4.74 Å². The summed E-state index contributed by atoms with van der Waals surface area (Å²) in [7, 11) is -3.85. The summed E-state index contributed by atoms with van der Waals surface area (Å²) in [6, 6.07) is 14.9. The fourth-order valence-electron chi connectivity index (χ4n) is 2.73. The first-order valence-electron chi connectivity index (χ1n) is 8.81. The number of benzene rings is 2. The highest BCUT2D eigenvalue weighted by molar-refractivity contribution is 7.92. The van der Waals surface area contributed by atoms with Crippen molar-refractivity contribution in [1.82, 2.24) is 20.0 Å². The summed E-state index contributed by atoms with van der Waals surface area (Å²) in [5.74, 6) is 0.792. The molecular formula is C20H16FN5O3S. The second kappa shape index (κ2) is 7.91. The minimum Gasteiger partial charge on any atom is -0.438 e. The Balaban J connectivity index is 1.45. The van der Waals surface area contributed by atoms with Crippen molar-refractivity contribution in [3.8, 4) is 17.4 Å². The van der Waals surface area contributed by atoms with Crippen LogP contribution in [0.4, 0.5) is 10.1 Å². The lowest BCUT2D eigenvalue weighted by Crippen LogP contribution is -2.14. The zero-order valence-corrected chi connectivity index (χ0v) is 16.5. The van der Waals surface area contributed by atoms with E-state index in [9.17, 15) is 12.8 Å². The number of aryl methyl sites for hydroxylation is 1. The number of aromatic nitrogens is 4. The smallest absolute Gasteiger partial charge is 0.262 e. The molecule has 0 atom stereocenters. The van der Waals surface area contributed by atoms with Gasteiger partial charge in [-0.15, -0.1) is 10.2 Å². The number of hydrogen-bond acceptors (Lipinski definition) is 6. The molecule has 4 rings (SSSR count). The summed E-state index contributed by atoms with van der Waals surface area (Å²) in [6.45, 7) is 1.53. The highest BCUT2D eigenvalue weighted by Gasteiger charge is 2.17. The molecular weight excluding hydrogens is 409 g/mol. The van der Waals surface area contributed by atoms with Crippen molar-refractivity contribution in [1.29, 1.82) is 0 Å². The van der Waals surface area contributed by atoms with Gasteiger partial charge in [0.1, 0.15) is 11.6 Å². The molecule has 0 bridgehead atoms. The predicted octanol–water partition coefficient (Wildman–Crippen LogP) is 3.70. The lowest BCUT2D eigenvalue weighted by Gasteiger charge is -2.11. The number of nitrogens with zero attached hydrogens (tertiary/aromatic N) is 4. The summed E-state index contributed by atoms with van der Waals surface area (Å²) in [5.41, 5.74) is 0.658. The standard InChI is InChI=1S/C20H16FN5O3S/c1-14-13-15(21)3-8-18(14)30(27,28)25-16-4-6-17(7-5-16)29-20-10-9-19(23-24-20)26-12-2-11-22-26/h2-13,25H,1H3. The first kappa shape index (κ1) is 19.5. The van der Waals surface area contributed by atoms with Crippen LogP contribution in [-0.4, -0.2) is 28.4 Å². The first-order chi connectivity index (χ1) is 14.4. The molecule has 0 aliphatic heterocycles. The maximum atomic E-state index is 13.2. The van der Waals surface area contributed by atoms with Crippen molar-refractivity contribution >= 4 is 15.7 Å². The van der Waals surface area contributed by atoms with Crippen molar-refractivity contribution in [2.24, 2.45) is 0 Å². The molecule has 30 heavy (non-hydrogen) atoms. The maximum absolute atomic E-state index is 13.2. The third-order valence-electron chi connectivity index (χ3n) is 4.12. The Kier molecular flexibility index (Phi) is 5.15. The van der Waals surface area contributed by atoms with E-state index >= 15 is 0 Å². The molecule has 8 nitrogen and oxygen atoms in total. The fourth-order valence-corrected chi connectivity index (χ4v) is 4.02. The minimum absolute atomic E-state index is 0.0109. The molecule has 0 saturated carbocycles. The summed E-state index contributed by atoms with van der Waals surface area (Å²) in [5, 5.41) is 12.1. The van der Waals surface area contributed by atoms with Gasteiger partial charge in [-0.1, -0.05) is 0 Å². The number of anilines is 1. The van der Waals surface area contributed by atoms with Gasteiger partial charge in [0.25, 0.3) is 10.0 Å². The predicted molar refractivity (Wildman–Crippen MR) is 108 cm³/mol. The largest absolute Gasteiger partial charge is 0.438 e. The maximum Gasteiger partial charge on any atom is 0.262 e. The van der Waals surface area contributed by atoms with Gasteiger partial charge in [0, 0.05) is 24.1 Å². The van der Waals surface area contributed by atoms with Gasteiger partial charge in [-0.05, 0) is 67.1 Å². The van der Waals surface area contributed by atoms with Crippen LogP contribution in [0.15, 0.2) is 78.0 Å². The van der Waals surface area contributed by atoms with Crippen LogP contribution >= 0.6 is 0 Å². The number of sulfonamides is 1. The Morgan fingerprint density at radius 3 is 2.47 bits per heavy atom. The topological polar surface area (TPSA) is 99.0 Å². The molecule has 0 saturated heterocycles. The van der Waals surface area contributed by atoms with E-state index < -0.39 is 15.8 Å². The number of ether oxygens (including phenoxy) is 1. The molecule has 10 heteroatoms. The molecule has 0 aliphatic carbocycles. The van der Waals surface area contributed by atoms with Gasteiger partial charge in [0.15, 0.2) is 5.82 Å². The van der Waals surface area contributed by atoms with E-state index in [2.05, 4.69) is 20.0 Å². The third-order valence-corrected chi connectivity index (χ3v) is 5.66. The van der Waals surface area contributed by atoms with E-state index in [1.54, 1.807) is 59.5 Å². The normalized spacial score (nSPS) is 11.3. The molecule has 2 heterocycles. The second-order valence-electron chi connectivity index (χ2n) is 6.32. The zero-order chi connectivity index (χ0) is 21.1. The van der Waals surface area contributed by atoms with Crippen LogP contribution in [0.3, 0.4) is 0 Å². The Morgan fingerprint density at radius 1 is 1.03 bits per heavy atom. The highest BCUT2D eigenvalue weighted by atomic mass is 32.2. The molecule has 2 aromatic carbocycles. The molecule has 0 aliphatic rings. The average Bonchev–Trinajstić information content (AvgIpc) is 3.24. The van der Waals surface area contributed by atoms with Crippen LogP contribution in [0.5, 0.6) is 11.6 Å². The van der Waals surface area contributed by atoms with Gasteiger partial charge in [-0.2, -0.15) is 5.10 Å². The quantitative estimate of drug-likeness (QED) is 0.506. The zero-order valence-electron chi connectivity index (χ0n) is 15.7. The van der Waals surface area contributed by atoms with Gasteiger partial charge >= 0.3 is 0 Å².